The van der Waals surface area contributed by atoms with Crippen LogP contribution in [0, 0.1) is 13.8 Å². The van der Waals surface area contributed by atoms with Gasteiger partial charge in [0.25, 0.3) is 0 Å². The highest BCUT2D eigenvalue weighted by Crippen LogP contribution is 2.12. The molecule has 3 aromatic carbocycles. The lowest BCUT2D eigenvalue weighted by Crippen LogP contribution is -1.68. The van der Waals surface area contributed by atoms with Gasteiger partial charge in [0.15, 0.2) is 0 Å². The Balaban J connectivity index is 0.000000166. The van der Waals surface area contributed by atoms with E-state index in [0.717, 1.165) is 5.56 Å². The molecular formula is C20H22O2. The van der Waals surface area contributed by atoms with Gasteiger partial charge in [-0.3, -0.25) is 0 Å². The lowest BCUT2D eigenvalue weighted by molar-refractivity contribution is 0.471. The summed E-state index contributed by atoms with van der Waals surface area (Å²) in [5, 5.41) is 17.6. The highest BCUT2D eigenvalue weighted by Gasteiger charge is 1.87. The van der Waals surface area contributed by atoms with Crippen molar-refractivity contribution in [3.63, 3.8) is 0 Å². The van der Waals surface area contributed by atoms with E-state index in [1.54, 1.807) is 30.3 Å². The van der Waals surface area contributed by atoms with Crippen LogP contribution in [0.3, 0.4) is 0 Å². The molecule has 0 aliphatic heterocycles. The molecule has 0 heterocycles. The van der Waals surface area contributed by atoms with Crippen molar-refractivity contribution < 1.29 is 10.2 Å². The number of phenolic OH excluding ortho intramolecular Hbond substituents is 2. The van der Waals surface area contributed by atoms with Gasteiger partial charge >= 0.3 is 0 Å². The van der Waals surface area contributed by atoms with E-state index < -0.39 is 0 Å². The zero-order valence-corrected chi connectivity index (χ0v) is 13.0. The number of rotatable bonds is 0. The highest BCUT2D eigenvalue weighted by atomic mass is 16.3. The number of hydrogen-bond donors (Lipinski definition) is 2. The Kier molecular flexibility index (Phi) is 7.91. The first-order chi connectivity index (χ1) is 10.6. The maximum atomic E-state index is 8.92. The lowest BCUT2D eigenvalue weighted by Gasteiger charge is -1.92. The van der Waals surface area contributed by atoms with Crippen molar-refractivity contribution in [2.45, 2.75) is 13.8 Å². The molecule has 22 heavy (non-hydrogen) atoms. The van der Waals surface area contributed by atoms with E-state index in [9.17, 15) is 0 Å². The molecular weight excluding hydrogens is 272 g/mol. The fourth-order valence-electron chi connectivity index (χ4n) is 1.53. The number of phenols is 2. The maximum Gasteiger partial charge on any atom is 0.118 e. The number of para-hydroxylation sites is 2. The average molecular weight is 294 g/mol. The molecule has 0 saturated carbocycles. The molecule has 0 aromatic heterocycles. The molecule has 0 spiro atoms. The molecule has 2 N–H and O–H groups in total. The summed E-state index contributed by atoms with van der Waals surface area (Å²) >= 11 is 0. The van der Waals surface area contributed by atoms with Crippen LogP contribution in [-0.2, 0) is 0 Å². The number of aromatic hydroxyl groups is 2. The first-order valence-electron chi connectivity index (χ1n) is 7.10. The summed E-state index contributed by atoms with van der Waals surface area (Å²) in [5.74, 6) is 0.690. The van der Waals surface area contributed by atoms with Gasteiger partial charge in [-0.25, -0.2) is 0 Å². The third kappa shape index (κ3) is 7.75. The Labute approximate surface area is 132 Å². The number of hydrogen-bond acceptors (Lipinski definition) is 2. The average Bonchev–Trinajstić information content (AvgIpc) is 2.53. The predicted molar refractivity (Wildman–Crippen MR) is 92.1 cm³/mol. The van der Waals surface area contributed by atoms with Crippen molar-refractivity contribution >= 4 is 0 Å². The topological polar surface area (TPSA) is 40.5 Å². The molecule has 0 atom stereocenters. The van der Waals surface area contributed by atoms with Crippen LogP contribution in [0.1, 0.15) is 11.1 Å². The van der Waals surface area contributed by atoms with Gasteiger partial charge in [-0.1, -0.05) is 72.3 Å². The standard InChI is InChI=1S/C7H8O.C7H8.C6H6O/c1-6-4-2-3-5-7(6)8;1-7-5-3-2-4-6-7;7-6-4-2-1-3-5-6/h2-5,8H,1H3;2-6H,1H3;1-5,7H. The second-order valence-electron chi connectivity index (χ2n) is 4.78. The van der Waals surface area contributed by atoms with E-state index in [-0.39, 0.29) is 0 Å². The summed E-state index contributed by atoms with van der Waals surface area (Å²) in [6.45, 7) is 3.95. The maximum absolute atomic E-state index is 8.92. The van der Waals surface area contributed by atoms with Crippen LogP contribution in [-0.4, -0.2) is 10.2 Å². The van der Waals surface area contributed by atoms with Crippen molar-refractivity contribution in [1.82, 2.24) is 0 Å². The van der Waals surface area contributed by atoms with Gasteiger partial charge in [0, 0.05) is 0 Å². The molecule has 0 amide bonds. The van der Waals surface area contributed by atoms with Gasteiger partial charge in [-0.15, -0.1) is 0 Å². The molecule has 0 aliphatic carbocycles. The highest BCUT2D eigenvalue weighted by molar-refractivity contribution is 5.29. The van der Waals surface area contributed by atoms with Crippen LogP contribution >= 0.6 is 0 Å². The Morgan fingerprint density at radius 1 is 0.545 bits per heavy atom. The zero-order valence-electron chi connectivity index (χ0n) is 13.0. The summed E-state index contributed by atoms with van der Waals surface area (Å²) in [6.07, 6.45) is 0. The molecule has 0 unspecified atom stereocenters. The fourth-order valence-corrected chi connectivity index (χ4v) is 1.53. The van der Waals surface area contributed by atoms with Gasteiger partial charge in [0.1, 0.15) is 11.5 Å². The summed E-state index contributed by atoms with van der Waals surface area (Å²) in [5.41, 5.74) is 2.25. The smallest absolute Gasteiger partial charge is 0.118 e. The van der Waals surface area contributed by atoms with Crippen LogP contribution in [0.25, 0.3) is 0 Å². The van der Waals surface area contributed by atoms with Gasteiger partial charge in [0.2, 0.25) is 0 Å². The van der Waals surface area contributed by atoms with E-state index in [1.807, 2.05) is 49.4 Å². The van der Waals surface area contributed by atoms with Crippen LogP contribution in [0.5, 0.6) is 11.5 Å². The largest absolute Gasteiger partial charge is 0.508 e. The first-order valence-corrected chi connectivity index (χ1v) is 7.10. The molecule has 2 heteroatoms. The molecule has 114 valence electrons. The molecule has 0 fully saturated rings. The number of benzene rings is 3. The Bertz CT molecular complexity index is 576. The minimum absolute atomic E-state index is 0.322. The molecule has 3 aromatic rings. The molecule has 0 saturated heterocycles. The second-order valence-corrected chi connectivity index (χ2v) is 4.78. The Morgan fingerprint density at radius 2 is 1.00 bits per heavy atom. The molecule has 0 radical (unpaired) electrons. The summed E-state index contributed by atoms with van der Waals surface area (Å²) in [7, 11) is 0. The van der Waals surface area contributed by atoms with Gasteiger partial charge in [-0.05, 0) is 37.6 Å². The van der Waals surface area contributed by atoms with Crippen molar-refractivity contribution in [2.75, 3.05) is 0 Å². The van der Waals surface area contributed by atoms with Crippen LogP contribution in [0.2, 0.25) is 0 Å². The van der Waals surface area contributed by atoms with E-state index in [1.165, 1.54) is 5.56 Å². The Hall–Kier alpha value is -2.74. The fraction of sp³-hybridized carbons (Fsp3) is 0.100. The monoisotopic (exact) mass is 294 g/mol. The van der Waals surface area contributed by atoms with Crippen LogP contribution in [0.15, 0.2) is 84.9 Å². The van der Waals surface area contributed by atoms with E-state index in [0.29, 0.717) is 11.5 Å². The SMILES string of the molecule is Cc1ccccc1.Cc1ccccc1O.Oc1ccccc1. The molecule has 0 aliphatic rings. The van der Waals surface area contributed by atoms with Gasteiger partial charge in [-0.2, -0.15) is 0 Å². The minimum atomic E-state index is 0.322. The third-order valence-corrected chi connectivity index (χ3v) is 2.81. The Morgan fingerprint density at radius 3 is 1.27 bits per heavy atom. The van der Waals surface area contributed by atoms with E-state index >= 15 is 0 Å². The summed E-state index contributed by atoms with van der Waals surface area (Å²) < 4.78 is 0. The predicted octanol–water partition coefficient (Wildman–Crippen LogP) is 5.09. The third-order valence-electron chi connectivity index (χ3n) is 2.81. The molecule has 2 nitrogen and oxygen atoms in total. The van der Waals surface area contributed by atoms with Gasteiger partial charge in [0.05, 0.1) is 0 Å². The minimum Gasteiger partial charge on any atom is -0.508 e. The van der Waals surface area contributed by atoms with Crippen molar-refractivity contribution in [3.05, 3.63) is 96.1 Å². The lowest BCUT2D eigenvalue weighted by atomic mass is 10.2. The summed E-state index contributed by atoms with van der Waals surface area (Å²) in [6, 6.07) is 26.2. The van der Waals surface area contributed by atoms with Crippen molar-refractivity contribution in [3.8, 4) is 11.5 Å². The first kappa shape index (κ1) is 17.3. The normalized spacial score (nSPS) is 8.82. The summed E-state index contributed by atoms with van der Waals surface area (Å²) in [4.78, 5) is 0. The molecule has 3 rings (SSSR count). The van der Waals surface area contributed by atoms with Crippen molar-refractivity contribution in [2.24, 2.45) is 0 Å². The van der Waals surface area contributed by atoms with Crippen LogP contribution in [0.4, 0.5) is 0 Å². The number of aryl methyl sites for hydroxylation is 2. The van der Waals surface area contributed by atoms with E-state index in [4.69, 9.17) is 10.2 Å². The van der Waals surface area contributed by atoms with Gasteiger partial charge < -0.3 is 10.2 Å². The second kappa shape index (κ2) is 10.1. The van der Waals surface area contributed by atoms with Crippen molar-refractivity contribution in [1.29, 1.82) is 0 Å². The van der Waals surface area contributed by atoms with Crippen LogP contribution < -0.4 is 0 Å². The quantitative estimate of drug-likeness (QED) is 0.606. The van der Waals surface area contributed by atoms with E-state index in [2.05, 4.69) is 19.1 Å². The molecule has 0 bridgehead atoms. The zero-order chi connectivity index (χ0) is 16.2.